The number of alkyl halides is 7. The maximum absolute atomic E-state index is 13.9. The summed E-state index contributed by atoms with van der Waals surface area (Å²) >= 11 is 8.01. The number of halogens is 8. The molecule has 0 amide bonds. The first-order valence-corrected chi connectivity index (χ1v) is 18.6. The van der Waals surface area contributed by atoms with Crippen LogP contribution in [-0.4, -0.2) is 29.7 Å². The lowest BCUT2D eigenvalue weighted by Crippen LogP contribution is -2.10. The molecule has 7 nitrogen and oxygen atoms in total. The third-order valence-electron chi connectivity index (χ3n) is 9.21. The van der Waals surface area contributed by atoms with Crippen molar-refractivity contribution in [3.63, 3.8) is 0 Å². The van der Waals surface area contributed by atoms with E-state index in [0.29, 0.717) is 42.7 Å². The molecule has 0 aliphatic carbocycles. The summed E-state index contributed by atoms with van der Waals surface area (Å²) in [4.78, 5) is 17.5. The predicted molar refractivity (Wildman–Crippen MR) is 215 cm³/mol. The average Bonchev–Trinajstić information content (AvgIpc) is 3.49. The van der Waals surface area contributed by atoms with Gasteiger partial charge in [0.2, 0.25) is 0 Å². The maximum Gasteiger partial charge on any atom is 0.417 e. The average molecular weight is 896 g/mol. The number of aryl methyl sites for hydroxylation is 2. The van der Waals surface area contributed by atoms with Crippen LogP contribution in [0.3, 0.4) is 0 Å². The van der Waals surface area contributed by atoms with Crippen LogP contribution in [0.5, 0.6) is 0 Å². The van der Waals surface area contributed by atoms with Crippen molar-refractivity contribution in [2.75, 3.05) is 5.73 Å². The molecule has 8 aromatic rings. The number of para-hydroxylation sites is 2. The fourth-order valence-electron chi connectivity index (χ4n) is 6.60. The van der Waals surface area contributed by atoms with E-state index in [1.54, 1.807) is 16.8 Å². The summed E-state index contributed by atoms with van der Waals surface area (Å²) in [5.74, 6) is 0.392. The monoisotopic (exact) mass is 895 g/mol. The molecule has 15 heteroatoms. The highest BCUT2D eigenvalue weighted by molar-refractivity contribution is 14.1. The second-order valence-electron chi connectivity index (χ2n) is 12.9. The minimum atomic E-state index is -4.52. The Hall–Kier alpha value is -5.35. The van der Waals surface area contributed by atoms with Crippen molar-refractivity contribution in [3.8, 4) is 22.5 Å². The Balaban J connectivity index is 0.000000183. The maximum atomic E-state index is 13.9. The van der Waals surface area contributed by atoms with Gasteiger partial charge in [-0.3, -0.25) is 0 Å². The van der Waals surface area contributed by atoms with Crippen LogP contribution in [0.25, 0.3) is 55.4 Å². The lowest BCUT2D eigenvalue weighted by Gasteiger charge is -2.17. The van der Waals surface area contributed by atoms with Crippen molar-refractivity contribution in [2.24, 2.45) is 0 Å². The van der Waals surface area contributed by atoms with Crippen LogP contribution in [0, 0.1) is 17.5 Å². The van der Waals surface area contributed by atoms with Crippen molar-refractivity contribution < 1.29 is 26.3 Å². The molecule has 4 aromatic carbocycles. The Morgan fingerprint density at radius 2 is 1.18 bits per heavy atom. The molecule has 4 heterocycles. The van der Waals surface area contributed by atoms with Crippen molar-refractivity contribution >= 4 is 72.8 Å². The summed E-state index contributed by atoms with van der Waals surface area (Å²) in [6.45, 7) is 3.93. The van der Waals surface area contributed by atoms with E-state index in [1.807, 2.05) is 85.0 Å². The Labute approximate surface area is 334 Å². The lowest BCUT2D eigenvalue weighted by atomic mass is 9.97. The fourth-order valence-corrected chi connectivity index (χ4v) is 7.58. The van der Waals surface area contributed by atoms with Gasteiger partial charge >= 0.3 is 12.4 Å². The summed E-state index contributed by atoms with van der Waals surface area (Å²) < 4.78 is 83.7. The first-order chi connectivity index (χ1) is 26.7. The van der Waals surface area contributed by atoms with Gasteiger partial charge in [-0.2, -0.15) is 31.4 Å². The van der Waals surface area contributed by atoms with Gasteiger partial charge in [0, 0.05) is 33.3 Å². The zero-order valence-corrected chi connectivity index (χ0v) is 32.4. The summed E-state index contributed by atoms with van der Waals surface area (Å²) in [7, 11) is 0. The first-order valence-electron chi connectivity index (χ1n) is 17.0. The highest BCUT2D eigenvalue weighted by Crippen LogP contribution is 2.40. The van der Waals surface area contributed by atoms with Crippen LogP contribution < -0.4 is 5.73 Å². The van der Waals surface area contributed by atoms with E-state index in [4.69, 9.17) is 22.3 Å². The van der Waals surface area contributed by atoms with Crippen LogP contribution in [0.15, 0.2) is 103 Å². The zero-order valence-electron chi connectivity index (χ0n) is 29.5. The van der Waals surface area contributed by atoms with E-state index in [1.165, 1.54) is 30.6 Å². The number of fused-ring (bicyclic) bond motifs is 3. The van der Waals surface area contributed by atoms with Crippen LogP contribution >= 0.6 is 34.2 Å². The molecule has 0 atom stereocenters. The molecule has 0 radical (unpaired) electrons. The Bertz CT molecular complexity index is 2770. The van der Waals surface area contributed by atoms with Crippen molar-refractivity contribution in [2.45, 2.75) is 38.6 Å². The van der Waals surface area contributed by atoms with Gasteiger partial charge in [-0.05, 0) is 77.4 Å². The molecule has 0 fully saturated rings. The first kappa shape index (κ1) is 38.9. The molecule has 0 saturated carbocycles. The van der Waals surface area contributed by atoms with Crippen LogP contribution in [0.4, 0.5) is 32.2 Å². The van der Waals surface area contributed by atoms with Gasteiger partial charge in [0.05, 0.1) is 45.5 Å². The molecular formula is C41H29ClF6IN7. The largest absolute Gasteiger partial charge is 0.417 e. The van der Waals surface area contributed by atoms with Gasteiger partial charge in [0.15, 0.2) is 5.65 Å². The number of benzene rings is 4. The standard InChI is InChI=1S/C23H16F3IN6.C18H13ClF3N/c1-12-5-4-6-13-9-14(10-33-22-17(20(27)32-33)21(28)29-11-30-22)19(31-18(12)13)15-7-2-3-8-16(15)23(24,25)26;1-11-5-4-6-12-9-13(10-19)17(23-16(11)12)14-7-2-3-8-15(14)18(20,21)22/h2-9,11H,10H2,1H3,(H2,28,29,30);2-9H,10H2,1H3. The van der Waals surface area contributed by atoms with E-state index in [9.17, 15) is 26.3 Å². The molecule has 0 aliphatic heterocycles. The van der Waals surface area contributed by atoms with Crippen LogP contribution in [0.1, 0.15) is 33.4 Å². The normalized spacial score (nSPS) is 12.0. The number of nitrogens with zero attached hydrogens (tertiary/aromatic N) is 6. The van der Waals surface area contributed by atoms with Gasteiger partial charge < -0.3 is 5.73 Å². The number of pyridine rings is 2. The Morgan fingerprint density at radius 1 is 0.679 bits per heavy atom. The van der Waals surface area contributed by atoms with Crippen molar-refractivity contribution in [3.05, 3.63) is 140 Å². The van der Waals surface area contributed by atoms with E-state index >= 15 is 0 Å². The third kappa shape index (κ3) is 7.59. The van der Waals surface area contributed by atoms with Crippen LogP contribution in [0.2, 0.25) is 0 Å². The Morgan fingerprint density at radius 3 is 1.70 bits per heavy atom. The number of nitrogens with two attached hydrogens (primary N) is 1. The van der Waals surface area contributed by atoms with E-state index in [-0.39, 0.29) is 34.9 Å². The van der Waals surface area contributed by atoms with Crippen molar-refractivity contribution in [1.29, 1.82) is 0 Å². The van der Waals surface area contributed by atoms with Gasteiger partial charge in [0.25, 0.3) is 0 Å². The number of rotatable bonds is 5. The molecule has 0 saturated heterocycles. The lowest BCUT2D eigenvalue weighted by molar-refractivity contribution is -0.137. The number of anilines is 1. The minimum absolute atomic E-state index is 0.0189. The molecule has 0 bridgehead atoms. The summed E-state index contributed by atoms with van der Waals surface area (Å²) in [5, 5.41) is 6.83. The second kappa shape index (κ2) is 15.3. The molecule has 0 spiro atoms. The SMILES string of the molecule is Cc1cccc2cc(CCl)c(-c3ccccc3C(F)(F)F)nc12.Cc1cccc2cc(Cn3nc(I)c4c(N)ncnc43)c(-c3ccccc3C(F)(F)F)nc12. The molecule has 0 unspecified atom stereocenters. The summed E-state index contributed by atoms with van der Waals surface area (Å²) in [6.07, 6.45) is -7.62. The quantitative estimate of drug-likeness (QED) is 0.105. The molecule has 56 heavy (non-hydrogen) atoms. The number of nitrogen functional groups attached to an aromatic ring is 1. The molecule has 284 valence electrons. The molecule has 8 rings (SSSR count). The zero-order chi connectivity index (χ0) is 39.9. The molecular weight excluding hydrogens is 867 g/mol. The number of aromatic nitrogens is 6. The Kier molecular flexibility index (Phi) is 10.6. The molecule has 2 N–H and O–H groups in total. The molecule has 0 aliphatic rings. The third-order valence-corrected chi connectivity index (χ3v) is 10.3. The molecule has 4 aromatic heterocycles. The summed E-state index contributed by atoms with van der Waals surface area (Å²) in [6, 6.07) is 25.9. The second-order valence-corrected chi connectivity index (χ2v) is 14.2. The smallest absolute Gasteiger partial charge is 0.383 e. The fraction of sp³-hybridized carbons (Fsp3) is 0.146. The number of hydrogen-bond donors (Lipinski definition) is 1. The van der Waals surface area contributed by atoms with Crippen LogP contribution in [-0.2, 0) is 24.8 Å². The minimum Gasteiger partial charge on any atom is -0.383 e. The summed E-state index contributed by atoms with van der Waals surface area (Å²) in [5.41, 5.74) is 9.98. The highest BCUT2D eigenvalue weighted by atomic mass is 127. The van der Waals surface area contributed by atoms with Gasteiger partial charge in [0.1, 0.15) is 15.8 Å². The van der Waals surface area contributed by atoms with E-state index in [0.717, 1.165) is 34.0 Å². The van der Waals surface area contributed by atoms with E-state index < -0.39 is 23.5 Å². The predicted octanol–water partition coefficient (Wildman–Crippen LogP) is 11.6. The topological polar surface area (TPSA) is 95.4 Å². The van der Waals surface area contributed by atoms with Gasteiger partial charge in [-0.1, -0.05) is 72.8 Å². The van der Waals surface area contributed by atoms with Gasteiger partial charge in [-0.15, -0.1) is 11.6 Å². The van der Waals surface area contributed by atoms with Gasteiger partial charge in [-0.25, -0.2) is 24.6 Å². The van der Waals surface area contributed by atoms with E-state index in [2.05, 4.69) is 20.1 Å². The van der Waals surface area contributed by atoms with Crippen molar-refractivity contribution in [1.82, 2.24) is 29.7 Å². The highest BCUT2D eigenvalue weighted by Gasteiger charge is 2.35. The number of hydrogen-bond acceptors (Lipinski definition) is 6.